The van der Waals surface area contributed by atoms with Gasteiger partial charge in [0.2, 0.25) is 0 Å². The first-order valence-electron chi connectivity index (χ1n) is 11.9. The van der Waals surface area contributed by atoms with Crippen LogP contribution in [-0.4, -0.2) is 57.0 Å². The molecule has 2 aliphatic heterocycles. The van der Waals surface area contributed by atoms with Gasteiger partial charge in [0, 0.05) is 32.4 Å². The summed E-state index contributed by atoms with van der Waals surface area (Å²) < 4.78 is 1.61. The normalized spacial score (nSPS) is 19.8. The molecule has 5 rings (SSSR count). The number of nitrogens with zero attached hydrogens (tertiary/aromatic N) is 3. The Morgan fingerprint density at radius 1 is 1.09 bits per heavy atom. The number of aliphatic hydroxyl groups is 1. The van der Waals surface area contributed by atoms with Crippen molar-refractivity contribution in [3.05, 3.63) is 69.1 Å². The van der Waals surface area contributed by atoms with Crippen LogP contribution in [0.25, 0.3) is 0 Å². The van der Waals surface area contributed by atoms with Gasteiger partial charge in [0.25, 0.3) is 17.4 Å². The zero-order valence-electron chi connectivity index (χ0n) is 19.1. The largest absolute Gasteiger partial charge is 0.384 e. The number of aliphatic hydroxyl groups excluding tert-OH is 1. The summed E-state index contributed by atoms with van der Waals surface area (Å²) in [6.07, 6.45) is 5.63. The second-order valence-corrected chi connectivity index (χ2v) is 9.94. The SMILES string of the molecule is C[C@@H](O)C(=O)N1CCc2c(cn(Cc3ccccc3)c(=O)c2C(=O)N2CCCC3(CC3)C2)C1. The summed E-state index contributed by atoms with van der Waals surface area (Å²) in [4.78, 5) is 43.3. The average Bonchev–Trinajstić information content (AvgIpc) is 3.57. The van der Waals surface area contributed by atoms with E-state index in [0.29, 0.717) is 32.6 Å². The summed E-state index contributed by atoms with van der Waals surface area (Å²) in [5.74, 6) is -0.499. The minimum absolute atomic E-state index is 0.167. The van der Waals surface area contributed by atoms with Gasteiger partial charge >= 0.3 is 0 Å². The Balaban J connectivity index is 1.54. The highest BCUT2D eigenvalue weighted by Crippen LogP contribution is 2.52. The monoisotopic (exact) mass is 449 g/mol. The van der Waals surface area contributed by atoms with Crippen molar-refractivity contribution in [1.29, 1.82) is 0 Å². The Hall–Kier alpha value is -2.93. The first kappa shape index (κ1) is 21.9. The summed E-state index contributed by atoms with van der Waals surface area (Å²) in [7, 11) is 0. The fraction of sp³-hybridized carbons (Fsp3) is 0.500. The molecule has 7 heteroatoms. The topological polar surface area (TPSA) is 82.8 Å². The molecule has 1 aromatic carbocycles. The molecule has 7 nitrogen and oxygen atoms in total. The molecule has 1 atom stereocenters. The maximum atomic E-state index is 13.7. The molecule has 1 aliphatic carbocycles. The zero-order valence-corrected chi connectivity index (χ0v) is 19.1. The molecule has 33 heavy (non-hydrogen) atoms. The number of hydrogen-bond donors (Lipinski definition) is 1. The van der Waals surface area contributed by atoms with E-state index >= 15 is 0 Å². The summed E-state index contributed by atoms with van der Waals surface area (Å²) >= 11 is 0. The number of carbonyl (C=O) groups is 2. The predicted octanol–water partition coefficient (Wildman–Crippen LogP) is 2.18. The van der Waals surface area contributed by atoms with Gasteiger partial charge in [-0.05, 0) is 61.1 Å². The molecule has 0 radical (unpaired) electrons. The van der Waals surface area contributed by atoms with Gasteiger partial charge in [-0.25, -0.2) is 0 Å². The maximum absolute atomic E-state index is 13.7. The number of aromatic nitrogens is 1. The van der Waals surface area contributed by atoms with E-state index in [2.05, 4.69) is 0 Å². The second kappa shape index (κ2) is 8.45. The van der Waals surface area contributed by atoms with Crippen LogP contribution < -0.4 is 5.56 Å². The first-order chi connectivity index (χ1) is 15.9. The lowest BCUT2D eigenvalue weighted by Crippen LogP contribution is -2.46. The van der Waals surface area contributed by atoms with Crippen LogP contribution in [0.15, 0.2) is 41.3 Å². The van der Waals surface area contributed by atoms with Crippen LogP contribution in [0.3, 0.4) is 0 Å². The highest BCUT2D eigenvalue weighted by molar-refractivity contribution is 5.96. The van der Waals surface area contributed by atoms with Crippen LogP contribution in [0.4, 0.5) is 0 Å². The predicted molar refractivity (Wildman–Crippen MR) is 124 cm³/mol. The van der Waals surface area contributed by atoms with Crippen molar-refractivity contribution in [3.63, 3.8) is 0 Å². The number of hydrogen-bond acceptors (Lipinski definition) is 4. The summed E-state index contributed by atoms with van der Waals surface area (Å²) in [5, 5.41) is 9.78. The smallest absolute Gasteiger partial charge is 0.264 e. The number of likely N-dealkylation sites (tertiary alicyclic amines) is 1. The Labute approximate surface area is 193 Å². The van der Waals surface area contributed by atoms with Gasteiger partial charge < -0.3 is 19.5 Å². The van der Waals surface area contributed by atoms with E-state index in [-0.39, 0.29) is 28.4 Å². The Bertz CT molecular complexity index is 1130. The fourth-order valence-electron chi connectivity index (χ4n) is 5.41. The molecule has 2 amide bonds. The molecular weight excluding hydrogens is 418 g/mol. The van der Waals surface area contributed by atoms with Gasteiger partial charge in [0.15, 0.2) is 0 Å². The lowest BCUT2D eigenvalue weighted by atomic mass is 9.92. The molecule has 0 bridgehead atoms. The molecule has 2 fully saturated rings. The van der Waals surface area contributed by atoms with Crippen molar-refractivity contribution >= 4 is 11.8 Å². The quantitative estimate of drug-likeness (QED) is 0.776. The Morgan fingerprint density at radius 2 is 1.85 bits per heavy atom. The first-order valence-corrected chi connectivity index (χ1v) is 11.9. The van der Waals surface area contributed by atoms with Crippen molar-refractivity contribution < 1.29 is 14.7 Å². The van der Waals surface area contributed by atoms with Gasteiger partial charge in [-0.3, -0.25) is 14.4 Å². The van der Waals surface area contributed by atoms with E-state index in [1.54, 1.807) is 15.7 Å². The van der Waals surface area contributed by atoms with Crippen LogP contribution in [0.2, 0.25) is 0 Å². The lowest BCUT2D eigenvalue weighted by molar-refractivity contribution is -0.140. The van der Waals surface area contributed by atoms with Crippen LogP contribution in [-0.2, 0) is 24.3 Å². The third-order valence-electron chi connectivity index (χ3n) is 7.45. The van der Waals surface area contributed by atoms with Crippen LogP contribution in [0.1, 0.15) is 59.7 Å². The van der Waals surface area contributed by atoms with Crippen LogP contribution in [0.5, 0.6) is 0 Å². The van der Waals surface area contributed by atoms with Gasteiger partial charge in [0.05, 0.1) is 6.54 Å². The fourth-order valence-corrected chi connectivity index (χ4v) is 5.41. The molecule has 3 aliphatic rings. The average molecular weight is 450 g/mol. The van der Waals surface area contributed by atoms with E-state index in [1.807, 2.05) is 35.2 Å². The highest BCUT2D eigenvalue weighted by atomic mass is 16.3. The summed E-state index contributed by atoms with van der Waals surface area (Å²) in [6, 6.07) is 9.70. The molecule has 1 N–H and O–H groups in total. The van der Waals surface area contributed by atoms with E-state index in [0.717, 1.165) is 29.7 Å². The molecule has 1 saturated heterocycles. The van der Waals surface area contributed by atoms with Gasteiger partial charge in [-0.2, -0.15) is 0 Å². The molecule has 174 valence electrons. The lowest BCUT2D eigenvalue weighted by Gasteiger charge is -2.35. The number of amides is 2. The maximum Gasteiger partial charge on any atom is 0.264 e. The molecule has 0 unspecified atom stereocenters. The molecule has 1 aromatic heterocycles. The van der Waals surface area contributed by atoms with E-state index < -0.39 is 6.10 Å². The number of piperidine rings is 1. The molecule has 2 aromatic rings. The molecule has 1 saturated carbocycles. The number of benzene rings is 1. The van der Waals surface area contributed by atoms with E-state index in [4.69, 9.17) is 0 Å². The van der Waals surface area contributed by atoms with Crippen molar-refractivity contribution in [3.8, 4) is 0 Å². The van der Waals surface area contributed by atoms with Gasteiger partial charge in [0.1, 0.15) is 11.7 Å². The third-order valence-corrected chi connectivity index (χ3v) is 7.45. The Morgan fingerprint density at radius 3 is 2.55 bits per heavy atom. The zero-order chi connectivity index (χ0) is 23.2. The summed E-state index contributed by atoms with van der Waals surface area (Å²) in [5.41, 5.74) is 2.83. The van der Waals surface area contributed by atoms with Crippen LogP contribution in [0, 0.1) is 5.41 Å². The van der Waals surface area contributed by atoms with E-state index in [1.165, 1.54) is 26.2 Å². The van der Waals surface area contributed by atoms with Gasteiger partial charge in [-0.15, -0.1) is 0 Å². The number of rotatable bonds is 4. The third kappa shape index (κ3) is 4.22. The van der Waals surface area contributed by atoms with Crippen molar-refractivity contribution in [2.75, 3.05) is 19.6 Å². The molecule has 1 spiro atoms. The molecule has 3 heterocycles. The van der Waals surface area contributed by atoms with Crippen molar-refractivity contribution in [2.45, 2.75) is 58.2 Å². The van der Waals surface area contributed by atoms with Gasteiger partial charge in [-0.1, -0.05) is 30.3 Å². The van der Waals surface area contributed by atoms with Crippen molar-refractivity contribution in [1.82, 2.24) is 14.4 Å². The minimum atomic E-state index is -1.08. The minimum Gasteiger partial charge on any atom is -0.384 e. The molecular formula is C26H31N3O4. The standard InChI is InChI=1S/C26H31N3O4/c1-18(30)23(31)27-13-8-21-20(15-27)16-29(14-19-6-3-2-4-7-19)25(33)22(21)24(32)28-12-5-9-26(17-28)10-11-26/h2-4,6-7,16,18,30H,5,8-15,17H2,1H3/t18-/m1/s1. The highest BCUT2D eigenvalue weighted by Gasteiger charge is 2.47. The van der Waals surface area contributed by atoms with E-state index in [9.17, 15) is 19.5 Å². The number of fused-ring (bicyclic) bond motifs is 1. The second-order valence-electron chi connectivity index (χ2n) is 9.94. The number of pyridine rings is 1. The van der Waals surface area contributed by atoms with Crippen LogP contribution >= 0.6 is 0 Å². The van der Waals surface area contributed by atoms with Crippen molar-refractivity contribution in [2.24, 2.45) is 5.41 Å². The summed E-state index contributed by atoms with van der Waals surface area (Å²) in [6.45, 7) is 3.94. The number of carbonyl (C=O) groups excluding carboxylic acids is 2. The Kier molecular flexibility index (Phi) is 5.60.